The maximum Gasteiger partial charge on any atom is 0.279 e. The first-order valence-corrected chi connectivity index (χ1v) is 7.70. The number of benzene rings is 2. The predicted octanol–water partition coefficient (Wildman–Crippen LogP) is 1.35. The molecule has 0 bridgehead atoms. The van der Waals surface area contributed by atoms with Crippen LogP contribution in [0.25, 0.3) is 10.8 Å². The Kier molecular flexibility index (Phi) is 4.67. The van der Waals surface area contributed by atoms with E-state index in [0.29, 0.717) is 5.56 Å². The first-order chi connectivity index (χ1) is 12.5. The summed E-state index contributed by atoms with van der Waals surface area (Å²) >= 11 is 5.07. The number of non-ortho nitro benzene ring substituents is 1. The largest absolute Gasteiger partial charge is 0.279 e. The number of nitro groups is 1. The molecular formula is C16H11N5O4S. The van der Waals surface area contributed by atoms with Gasteiger partial charge < -0.3 is 0 Å². The zero-order valence-corrected chi connectivity index (χ0v) is 13.9. The maximum atomic E-state index is 12.4. The van der Waals surface area contributed by atoms with E-state index in [1.54, 1.807) is 18.2 Å². The molecule has 26 heavy (non-hydrogen) atoms. The quantitative estimate of drug-likeness (QED) is 0.311. The number of rotatable bonds is 3. The van der Waals surface area contributed by atoms with Crippen LogP contribution in [-0.2, 0) is 0 Å². The maximum absolute atomic E-state index is 12.4. The van der Waals surface area contributed by atoms with Gasteiger partial charge in [-0.25, -0.2) is 0 Å². The monoisotopic (exact) mass is 369 g/mol. The number of nitrogens with one attached hydrogen (secondary N) is 2. The number of hydrogen-bond acceptors (Lipinski definition) is 6. The molecule has 3 rings (SSSR count). The minimum atomic E-state index is -0.519. The fourth-order valence-corrected chi connectivity index (χ4v) is 2.46. The molecule has 2 N–H and O–H groups in total. The van der Waals surface area contributed by atoms with Crippen molar-refractivity contribution in [1.29, 1.82) is 0 Å². The van der Waals surface area contributed by atoms with E-state index in [1.807, 2.05) is 0 Å². The van der Waals surface area contributed by atoms with Gasteiger partial charge in [-0.15, -0.1) is 0 Å². The zero-order valence-electron chi connectivity index (χ0n) is 13.1. The third-order valence-corrected chi connectivity index (χ3v) is 3.75. The molecule has 9 nitrogen and oxygen atoms in total. The molecule has 3 aromatic rings. The minimum absolute atomic E-state index is 0.0772. The van der Waals surface area contributed by atoms with E-state index in [0.717, 1.165) is 4.68 Å². The van der Waals surface area contributed by atoms with Gasteiger partial charge >= 0.3 is 0 Å². The van der Waals surface area contributed by atoms with Crippen molar-refractivity contribution in [2.45, 2.75) is 0 Å². The number of thiocarbonyl (C=S) groups is 1. The molecule has 0 radical (unpaired) electrons. The molecule has 0 fully saturated rings. The molecule has 0 aliphatic carbocycles. The number of hydrogen-bond donors (Lipinski definition) is 2. The van der Waals surface area contributed by atoms with Gasteiger partial charge in [0.25, 0.3) is 16.8 Å². The Hall–Kier alpha value is -3.66. The van der Waals surface area contributed by atoms with E-state index in [4.69, 9.17) is 12.2 Å². The molecule has 2 aromatic carbocycles. The number of H-pyrrole nitrogens is 1. The van der Waals surface area contributed by atoms with Gasteiger partial charge in [0.05, 0.1) is 21.9 Å². The van der Waals surface area contributed by atoms with Crippen molar-refractivity contribution in [3.63, 3.8) is 0 Å². The average molecular weight is 369 g/mol. The van der Waals surface area contributed by atoms with Crippen molar-refractivity contribution in [2.75, 3.05) is 0 Å². The average Bonchev–Trinajstić information content (AvgIpc) is 2.65. The van der Waals surface area contributed by atoms with Gasteiger partial charge in [-0.1, -0.05) is 24.3 Å². The van der Waals surface area contributed by atoms with Crippen LogP contribution in [0.2, 0.25) is 0 Å². The third kappa shape index (κ3) is 3.39. The second-order valence-electron chi connectivity index (χ2n) is 5.15. The number of aromatic nitrogens is 2. The van der Waals surface area contributed by atoms with Crippen LogP contribution in [-0.4, -0.2) is 26.0 Å². The van der Waals surface area contributed by atoms with Gasteiger partial charge in [-0.2, -0.15) is 9.78 Å². The van der Waals surface area contributed by atoms with Gasteiger partial charge in [0.15, 0.2) is 0 Å². The third-order valence-electron chi connectivity index (χ3n) is 3.48. The molecule has 1 aromatic heterocycles. The highest BCUT2D eigenvalue weighted by atomic mass is 32.1. The second kappa shape index (κ2) is 7.07. The molecule has 0 aliphatic heterocycles. The Labute approximate surface area is 150 Å². The fraction of sp³-hybridized carbons (Fsp3) is 0. The lowest BCUT2D eigenvalue weighted by molar-refractivity contribution is -0.384. The van der Waals surface area contributed by atoms with Crippen LogP contribution in [0.15, 0.2) is 63.2 Å². The summed E-state index contributed by atoms with van der Waals surface area (Å²) in [7, 11) is 0. The fourth-order valence-electron chi connectivity index (χ4n) is 2.27. The van der Waals surface area contributed by atoms with Crippen molar-refractivity contribution in [2.24, 2.45) is 5.10 Å². The van der Waals surface area contributed by atoms with Crippen LogP contribution in [0.5, 0.6) is 0 Å². The number of nitro benzene ring substituents is 1. The summed E-state index contributed by atoms with van der Waals surface area (Å²) in [5, 5.41) is 17.3. The van der Waals surface area contributed by atoms with E-state index in [9.17, 15) is 19.7 Å². The Morgan fingerprint density at radius 2 is 1.92 bits per heavy atom. The summed E-state index contributed by atoms with van der Waals surface area (Å²) in [6.45, 7) is 0. The molecule has 0 aliphatic rings. The molecule has 130 valence electrons. The Balaban J connectivity index is 1.85. The summed E-state index contributed by atoms with van der Waals surface area (Å²) in [5.74, 6) is 0. The highest BCUT2D eigenvalue weighted by Crippen LogP contribution is 2.11. The molecule has 0 amide bonds. The van der Waals surface area contributed by atoms with Crippen LogP contribution in [0.1, 0.15) is 5.56 Å². The minimum Gasteiger partial charge on any atom is -0.267 e. The number of nitrogens with zero attached hydrogens (tertiary/aromatic N) is 3. The van der Waals surface area contributed by atoms with Crippen molar-refractivity contribution >= 4 is 40.0 Å². The molecule has 1 heterocycles. The van der Waals surface area contributed by atoms with Gasteiger partial charge in [-0.05, 0) is 24.4 Å². The summed E-state index contributed by atoms with van der Waals surface area (Å²) < 4.78 is 0.880. The summed E-state index contributed by atoms with van der Waals surface area (Å²) in [4.78, 5) is 34.7. The standard InChI is InChI=1S/C16H11N5O4S/c22-14-12-6-1-2-7-13(12)15(23)20(19-14)16(26)18-17-9-10-4-3-5-11(8-10)21(24)25/h1-9H,(H,18,26)(H,19,22)/b17-9+. The SMILES string of the molecule is O=c1[nH]n(C(=S)N/N=C/c2cccc([N+](=O)[O-])c2)c(=O)c2ccccc12. The molecule has 0 atom stereocenters. The number of fused-ring (bicyclic) bond motifs is 1. The summed E-state index contributed by atoms with van der Waals surface area (Å²) in [6.07, 6.45) is 1.31. The van der Waals surface area contributed by atoms with Crippen LogP contribution in [0.3, 0.4) is 0 Å². The lowest BCUT2D eigenvalue weighted by Crippen LogP contribution is -2.39. The van der Waals surface area contributed by atoms with Gasteiger partial charge in [-0.3, -0.25) is 30.2 Å². The van der Waals surface area contributed by atoms with E-state index in [1.165, 1.54) is 36.5 Å². The van der Waals surface area contributed by atoms with Crippen molar-refractivity contribution in [3.05, 3.63) is 84.9 Å². The molecular weight excluding hydrogens is 358 g/mol. The van der Waals surface area contributed by atoms with E-state index in [2.05, 4.69) is 15.6 Å². The predicted molar refractivity (Wildman–Crippen MR) is 101 cm³/mol. The number of aromatic amines is 1. The lowest BCUT2D eigenvalue weighted by Gasteiger charge is -2.07. The number of hydrazone groups is 1. The van der Waals surface area contributed by atoms with E-state index < -0.39 is 16.0 Å². The topological polar surface area (TPSA) is 122 Å². The first kappa shape index (κ1) is 17.2. The molecule has 0 unspecified atom stereocenters. The van der Waals surface area contributed by atoms with Crippen LogP contribution >= 0.6 is 12.2 Å². The summed E-state index contributed by atoms with van der Waals surface area (Å²) in [5.41, 5.74) is 1.88. The van der Waals surface area contributed by atoms with Crippen LogP contribution in [0, 0.1) is 10.1 Å². The Bertz CT molecular complexity index is 1170. The van der Waals surface area contributed by atoms with Crippen LogP contribution < -0.4 is 16.5 Å². The van der Waals surface area contributed by atoms with Gasteiger partial charge in [0.2, 0.25) is 5.11 Å². The normalized spacial score (nSPS) is 10.9. The van der Waals surface area contributed by atoms with Crippen LogP contribution in [0.4, 0.5) is 5.69 Å². The highest BCUT2D eigenvalue weighted by Gasteiger charge is 2.09. The Morgan fingerprint density at radius 1 is 1.19 bits per heavy atom. The smallest absolute Gasteiger partial charge is 0.267 e. The Morgan fingerprint density at radius 3 is 2.65 bits per heavy atom. The van der Waals surface area contributed by atoms with Gasteiger partial charge in [0, 0.05) is 17.7 Å². The van der Waals surface area contributed by atoms with Crippen molar-refractivity contribution in [3.8, 4) is 0 Å². The molecule has 0 saturated heterocycles. The summed E-state index contributed by atoms with van der Waals surface area (Å²) in [6, 6.07) is 12.2. The van der Waals surface area contributed by atoms with E-state index >= 15 is 0 Å². The van der Waals surface area contributed by atoms with Crippen molar-refractivity contribution < 1.29 is 4.92 Å². The molecule has 0 spiro atoms. The second-order valence-corrected chi connectivity index (χ2v) is 5.54. The van der Waals surface area contributed by atoms with E-state index in [-0.39, 0.29) is 21.6 Å². The highest BCUT2D eigenvalue weighted by molar-refractivity contribution is 7.80. The molecule has 10 heteroatoms. The van der Waals surface area contributed by atoms with Gasteiger partial charge in [0.1, 0.15) is 0 Å². The zero-order chi connectivity index (χ0) is 18.7. The lowest BCUT2D eigenvalue weighted by atomic mass is 10.2. The molecule has 0 saturated carbocycles. The van der Waals surface area contributed by atoms with Crippen molar-refractivity contribution in [1.82, 2.24) is 15.2 Å². The first-order valence-electron chi connectivity index (χ1n) is 7.29.